The van der Waals surface area contributed by atoms with Crippen molar-refractivity contribution >= 4 is 5.95 Å². The fraction of sp³-hybridized carbons (Fsp3) is 0.125. The quantitative estimate of drug-likeness (QED) is 0.591. The van der Waals surface area contributed by atoms with Gasteiger partial charge in [0.25, 0.3) is 0 Å². The third kappa shape index (κ3) is 0.972. The van der Waals surface area contributed by atoms with E-state index < -0.39 is 0 Å². The summed E-state index contributed by atoms with van der Waals surface area (Å²) < 4.78 is 0. The Kier molecular flexibility index (Phi) is 1.40. The smallest absolute Gasteiger partial charge is 0.198 e. The number of aromatic amines is 2. The van der Waals surface area contributed by atoms with Gasteiger partial charge in [0.2, 0.25) is 0 Å². The van der Waals surface area contributed by atoms with E-state index in [-0.39, 0.29) is 0 Å². The molecular weight excluding hydrogens is 152 g/mol. The first kappa shape index (κ1) is 6.97. The van der Waals surface area contributed by atoms with Gasteiger partial charge in [0.05, 0.1) is 5.69 Å². The Hall–Kier alpha value is -1.71. The Labute approximate surface area is 69.8 Å². The van der Waals surface area contributed by atoms with Gasteiger partial charge in [-0.3, -0.25) is 0 Å². The fourth-order valence-corrected chi connectivity index (χ4v) is 1.22. The van der Waals surface area contributed by atoms with Gasteiger partial charge in [0.1, 0.15) is 5.69 Å². The van der Waals surface area contributed by atoms with Crippen LogP contribution < -0.4 is 5.73 Å². The number of H-pyrrole nitrogens is 2. The number of nitrogen functional groups attached to an aromatic ring is 1. The van der Waals surface area contributed by atoms with Crippen LogP contribution in [0.15, 0.2) is 18.3 Å². The molecule has 0 bridgehead atoms. The summed E-state index contributed by atoms with van der Waals surface area (Å²) >= 11 is 0. The van der Waals surface area contributed by atoms with Crippen LogP contribution >= 0.6 is 0 Å². The SMILES string of the molecule is Cc1[nH]c(N)nc1-c1ccc[nH]1. The van der Waals surface area contributed by atoms with Gasteiger partial charge >= 0.3 is 0 Å². The molecule has 4 N–H and O–H groups in total. The largest absolute Gasteiger partial charge is 0.369 e. The van der Waals surface area contributed by atoms with E-state index in [0.717, 1.165) is 17.1 Å². The molecule has 2 aromatic rings. The summed E-state index contributed by atoms with van der Waals surface area (Å²) in [7, 11) is 0. The monoisotopic (exact) mass is 162 g/mol. The Morgan fingerprint density at radius 2 is 2.33 bits per heavy atom. The third-order valence-corrected chi connectivity index (χ3v) is 1.76. The summed E-state index contributed by atoms with van der Waals surface area (Å²) in [6.45, 7) is 1.94. The maximum absolute atomic E-state index is 5.50. The van der Waals surface area contributed by atoms with Crippen molar-refractivity contribution in [3.8, 4) is 11.4 Å². The second kappa shape index (κ2) is 2.41. The zero-order valence-corrected chi connectivity index (χ0v) is 6.76. The van der Waals surface area contributed by atoms with E-state index in [9.17, 15) is 0 Å². The summed E-state index contributed by atoms with van der Waals surface area (Å²) in [6.07, 6.45) is 1.86. The van der Waals surface area contributed by atoms with Gasteiger partial charge < -0.3 is 15.7 Å². The number of nitrogens with one attached hydrogen (secondary N) is 2. The number of hydrogen-bond acceptors (Lipinski definition) is 2. The van der Waals surface area contributed by atoms with Crippen LogP contribution in [0.25, 0.3) is 11.4 Å². The van der Waals surface area contributed by atoms with Crippen molar-refractivity contribution in [1.29, 1.82) is 0 Å². The zero-order chi connectivity index (χ0) is 8.55. The first-order valence-electron chi connectivity index (χ1n) is 3.73. The van der Waals surface area contributed by atoms with Gasteiger partial charge in [0.15, 0.2) is 5.95 Å². The second-order valence-corrected chi connectivity index (χ2v) is 2.68. The number of anilines is 1. The minimum atomic E-state index is 0.456. The van der Waals surface area contributed by atoms with Crippen LogP contribution in [0, 0.1) is 6.92 Å². The van der Waals surface area contributed by atoms with E-state index in [0.29, 0.717) is 5.95 Å². The van der Waals surface area contributed by atoms with E-state index in [1.807, 2.05) is 25.3 Å². The van der Waals surface area contributed by atoms with Crippen LogP contribution in [0.1, 0.15) is 5.69 Å². The lowest BCUT2D eigenvalue weighted by atomic mass is 10.3. The lowest BCUT2D eigenvalue weighted by Crippen LogP contribution is -1.85. The highest BCUT2D eigenvalue weighted by atomic mass is 15.0. The molecule has 4 heteroatoms. The highest BCUT2D eigenvalue weighted by Gasteiger charge is 2.06. The molecule has 0 aromatic carbocycles. The van der Waals surface area contributed by atoms with E-state index in [2.05, 4.69) is 15.0 Å². The van der Waals surface area contributed by atoms with Crippen molar-refractivity contribution in [3.05, 3.63) is 24.0 Å². The highest BCUT2D eigenvalue weighted by Crippen LogP contribution is 2.19. The summed E-state index contributed by atoms with van der Waals surface area (Å²) in [5.41, 5.74) is 8.36. The van der Waals surface area contributed by atoms with E-state index in [1.54, 1.807) is 0 Å². The van der Waals surface area contributed by atoms with Crippen molar-refractivity contribution < 1.29 is 0 Å². The van der Waals surface area contributed by atoms with Gasteiger partial charge in [-0.1, -0.05) is 0 Å². The molecule has 4 nitrogen and oxygen atoms in total. The summed E-state index contributed by atoms with van der Waals surface area (Å²) in [6, 6.07) is 3.89. The molecule has 0 amide bonds. The second-order valence-electron chi connectivity index (χ2n) is 2.68. The Morgan fingerprint density at radius 3 is 2.83 bits per heavy atom. The molecule has 0 fully saturated rings. The molecule has 0 radical (unpaired) electrons. The van der Waals surface area contributed by atoms with Crippen molar-refractivity contribution in [2.45, 2.75) is 6.92 Å². The molecule has 0 aliphatic rings. The topological polar surface area (TPSA) is 70.5 Å². The van der Waals surface area contributed by atoms with Crippen LogP contribution in [-0.2, 0) is 0 Å². The van der Waals surface area contributed by atoms with Crippen LogP contribution in [0.4, 0.5) is 5.95 Å². The number of aryl methyl sites for hydroxylation is 1. The molecule has 0 spiro atoms. The average Bonchev–Trinajstić information content (AvgIpc) is 2.58. The van der Waals surface area contributed by atoms with Gasteiger partial charge in [-0.25, -0.2) is 4.98 Å². The molecule has 0 unspecified atom stereocenters. The van der Waals surface area contributed by atoms with Gasteiger partial charge in [-0.2, -0.15) is 0 Å². The van der Waals surface area contributed by atoms with E-state index in [1.165, 1.54) is 0 Å². The summed E-state index contributed by atoms with van der Waals surface area (Å²) in [5.74, 6) is 0.456. The van der Waals surface area contributed by atoms with Crippen molar-refractivity contribution in [3.63, 3.8) is 0 Å². The Morgan fingerprint density at radius 1 is 1.50 bits per heavy atom. The van der Waals surface area contributed by atoms with Crippen LogP contribution in [0.5, 0.6) is 0 Å². The molecule has 0 aliphatic heterocycles. The fourth-order valence-electron chi connectivity index (χ4n) is 1.22. The number of hydrogen-bond donors (Lipinski definition) is 3. The number of rotatable bonds is 1. The first-order valence-corrected chi connectivity index (χ1v) is 3.73. The third-order valence-electron chi connectivity index (χ3n) is 1.76. The predicted molar refractivity (Wildman–Crippen MR) is 47.5 cm³/mol. The normalized spacial score (nSPS) is 10.4. The maximum atomic E-state index is 5.50. The Bertz CT molecular complexity index is 372. The van der Waals surface area contributed by atoms with Crippen molar-refractivity contribution in [2.75, 3.05) is 5.73 Å². The van der Waals surface area contributed by atoms with Crippen LogP contribution in [0.3, 0.4) is 0 Å². The predicted octanol–water partition coefficient (Wildman–Crippen LogP) is 1.30. The molecule has 0 saturated heterocycles. The highest BCUT2D eigenvalue weighted by molar-refractivity contribution is 5.59. The molecule has 62 valence electrons. The molecule has 2 aromatic heterocycles. The molecule has 2 rings (SSSR count). The zero-order valence-electron chi connectivity index (χ0n) is 6.76. The molecule has 2 heterocycles. The number of nitrogens with zero attached hydrogens (tertiary/aromatic N) is 1. The van der Waals surface area contributed by atoms with E-state index in [4.69, 9.17) is 5.73 Å². The van der Waals surface area contributed by atoms with Gasteiger partial charge in [-0.15, -0.1) is 0 Å². The maximum Gasteiger partial charge on any atom is 0.198 e. The lowest BCUT2D eigenvalue weighted by Gasteiger charge is -1.91. The Balaban J connectivity index is 2.54. The molecule has 0 aliphatic carbocycles. The molecule has 0 atom stereocenters. The number of aromatic nitrogens is 3. The minimum Gasteiger partial charge on any atom is -0.369 e. The molecule has 12 heavy (non-hydrogen) atoms. The van der Waals surface area contributed by atoms with Crippen LogP contribution in [-0.4, -0.2) is 15.0 Å². The van der Waals surface area contributed by atoms with Crippen molar-refractivity contribution in [2.24, 2.45) is 0 Å². The van der Waals surface area contributed by atoms with Gasteiger partial charge in [-0.05, 0) is 19.1 Å². The number of imidazole rings is 1. The summed E-state index contributed by atoms with van der Waals surface area (Å²) in [5, 5.41) is 0. The first-order chi connectivity index (χ1) is 5.77. The molecule has 0 saturated carbocycles. The number of nitrogens with two attached hydrogens (primary N) is 1. The van der Waals surface area contributed by atoms with Crippen molar-refractivity contribution in [1.82, 2.24) is 15.0 Å². The van der Waals surface area contributed by atoms with Crippen LogP contribution in [0.2, 0.25) is 0 Å². The standard InChI is InChI=1S/C8H10N4/c1-5-7(12-8(9)11-5)6-3-2-4-10-6/h2-4,10H,1H3,(H3,9,11,12). The minimum absolute atomic E-state index is 0.456. The summed E-state index contributed by atoms with van der Waals surface area (Å²) in [4.78, 5) is 10.2. The lowest BCUT2D eigenvalue weighted by molar-refractivity contribution is 1.26. The van der Waals surface area contributed by atoms with E-state index >= 15 is 0 Å². The van der Waals surface area contributed by atoms with Gasteiger partial charge in [0, 0.05) is 11.9 Å². The molecular formula is C8H10N4. The average molecular weight is 162 g/mol.